The van der Waals surface area contributed by atoms with Gasteiger partial charge in [0.25, 0.3) is 5.91 Å². The highest BCUT2D eigenvalue weighted by molar-refractivity contribution is 5.96. The summed E-state index contributed by atoms with van der Waals surface area (Å²) in [6, 6.07) is 3.98. The molecular weight excluding hydrogens is 316 g/mol. The molecule has 0 bridgehead atoms. The van der Waals surface area contributed by atoms with E-state index in [1.165, 1.54) is 24.1 Å². The van der Waals surface area contributed by atoms with Gasteiger partial charge < -0.3 is 14.7 Å². The molecule has 1 unspecified atom stereocenters. The van der Waals surface area contributed by atoms with Gasteiger partial charge in [-0.15, -0.1) is 0 Å². The zero-order chi connectivity index (χ0) is 18.1. The fourth-order valence-corrected chi connectivity index (χ4v) is 3.05. The molecule has 0 aromatic heterocycles. The molecule has 8 heteroatoms. The van der Waals surface area contributed by atoms with Crippen LogP contribution in [0.2, 0.25) is 0 Å². The summed E-state index contributed by atoms with van der Waals surface area (Å²) in [5, 5.41) is 20.6. The molecule has 1 saturated heterocycles. The first kappa shape index (κ1) is 17.7. The largest absolute Gasteiger partial charge is 0.490 e. The molecule has 1 heterocycles. The zero-order valence-electron chi connectivity index (χ0n) is 13.8. The number of amides is 1. The molecule has 0 radical (unpaired) electrons. The van der Waals surface area contributed by atoms with Crippen molar-refractivity contribution in [1.82, 2.24) is 4.90 Å². The Bertz CT molecular complexity index is 687. The van der Waals surface area contributed by atoms with Crippen LogP contribution in [-0.4, -0.2) is 47.0 Å². The van der Waals surface area contributed by atoms with Gasteiger partial charge in [0.15, 0.2) is 5.75 Å². The Balaban J connectivity index is 2.29. The van der Waals surface area contributed by atoms with Crippen molar-refractivity contribution in [3.63, 3.8) is 0 Å². The minimum Gasteiger partial charge on any atom is -0.490 e. The minimum atomic E-state index is -0.978. The third-order valence-corrected chi connectivity index (χ3v) is 4.74. The van der Waals surface area contributed by atoms with Gasteiger partial charge in [0.05, 0.1) is 17.4 Å². The van der Waals surface area contributed by atoms with E-state index in [0.29, 0.717) is 13.0 Å². The highest BCUT2D eigenvalue weighted by Gasteiger charge is 2.48. The smallest absolute Gasteiger partial charge is 0.311 e. The van der Waals surface area contributed by atoms with Crippen molar-refractivity contribution in [1.29, 1.82) is 0 Å². The number of carbonyl (C=O) groups is 2. The number of likely N-dealkylation sites (tertiary alicyclic amines) is 1. The first-order valence-electron chi connectivity index (χ1n) is 7.58. The molecule has 1 aromatic rings. The van der Waals surface area contributed by atoms with Crippen LogP contribution in [0.4, 0.5) is 5.69 Å². The summed E-state index contributed by atoms with van der Waals surface area (Å²) >= 11 is 0. The van der Waals surface area contributed by atoms with E-state index < -0.39 is 22.2 Å². The number of methoxy groups -OCH3 is 1. The second-order valence-electron chi connectivity index (χ2n) is 6.24. The topological polar surface area (TPSA) is 110 Å². The third kappa shape index (κ3) is 2.91. The number of carboxylic acid groups (broad SMARTS) is 1. The van der Waals surface area contributed by atoms with Crippen molar-refractivity contribution in [3.8, 4) is 5.75 Å². The van der Waals surface area contributed by atoms with E-state index in [1.807, 2.05) is 13.8 Å². The molecule has 1 aliphatic rings. The van der Waals surface area contributed by atoms with Gasteiger partial charge in [-0.3, -0.25) is 19.7 Å². The number of hydrogen-bond donors (Lipinski definition) is 1. The lowest BCUT2D eigenvalue weighted by Crippen LogP contribution is -2.40. The molecule has 0 aliphatic carbocycles. The number of aliphatic carboxylic acids is 1. The summed E-state index contributed by atoms with van der Waals surface area (Å²) in [5.74, 6) is -1.39. The van der Waals surface area contributed by atoms with Crippen LogP contribution < -0.4 is 4.74 Å². The van der Waals surface area contributed by atoms with Gasteiger partial charge >= 0.3 is 11.7 Å². The predicted molar refractivity (Wildman–Crippen MR) is 85.1 cm³/mol. The van der Waals surface area contributed by atoms with E-state index in [4.69, 9.17) is 4.74 Å². The number of ether oxygens (including phenoxy) is 1. The Morgan fingerprint density at radius 2 is 2.08 bits per heavy atom. The maximum Gasteiger partial charge on any atom is 0.311 e. The van der Waals surface area contributed by atoms with Crippen LogP contribution in [0.25, 0.3) is 0 Å². The van der Waals surface area contributed by atoms with Crippen molar-refractivity contribution in [2.24, 2.45) is 11.3 Å². The Kier molecular flexibility index (Phi) is 4.77. The van der Waals surface area contributed by atoms with Crippen molar-refractivity contribution >= 4 is 17.6 Å². The van der Waals surface area contributed by atoms with Crippen molar-refractivity contribution in [3.05, 3.63) is 33.9 Å². The van der Waals surface area contributed by atoms with Crippen molar-refractivity contribution in [2.45, 2.75) is 20.3 Å². The van der Waals surface area contributed by atoms with E-state index in [-0.39, 0.29) is 29.5 Å². The molecule has 1 atom stereocenters. The zero-order valence-corrected chi connectivity index (χ0v) is 13.8. The van der Waals surface area contributed by atoms with Crippen LogP contribution in [-0.2, 0) is 4.79 Å². The number of carboxylic acids is 1. The molecule has 1 amide bonds. The van der Waals surface area contributed by atoms with E-state index >= 15 is 0 Å². The number of nitro benzene ring substituents is 1. The minimum absolute atomic E-state index is 0.0695. The van der Waals surface area contributed by atoms with Crippen LogP contribution in [0, 0.1) is 21.4 Å². The van der Waals surface area contributed by atoms with Gasteiger partial charge in [0, 0.05) is 24.7 Å². The standard InChI is InChI=1S/C16H20N2O6/c1-10(2)16(15(20)21)6-7-17(9-16)14(19)11-4-5-13(24-3)12(8-11)18(22)23/h4-5,8,10H,6-7,9H2,1-3H3,(H,20,21). The molecule has 1 N–H and O–H groups in total. The van der Waals surface area contributed by atoms with Crippen LogP contribution in [0.1, 0.15) is 30.6 Å². The van der Waals surface area contributed by atoms with E-state index in [2.05, 4.69) is 0 Å². The number of rotatable bonds is 5. The van der Waals surface area contributed by atoms with Gasteiger partial charge in [-0.1, -0.05) is 13.8 Å². The average Bonchev–Trinajstić information content (AvgIpc) is 3.00. The van der Waals surface area contributed by atoms with Crippen LogP contribution >= 0.6 is 0 Å². The quantitative estimate of drug-likeness (QED) is 0.652. The first-order chi connectivity index (χ1) is 11.2. The van der Waals surface area contributed by atoms with Crippen molar-refractivity contribution < 1.29 is 24.4 Å². The van der Waals surface area contributed by atoms with Gasteiger partial charge in [-0.05, 0) is 24.5 Å². The lowest BCUT2D eigenvalue weighted by molar-refractivity contribution is -0.385. The second kappa shape index (κ2) is 6.46. The van der Waals surface area contributed by atoms with Gasteiger partial charge in [0.2, 0.25) is 0 Å². The Morgan fingerprint density at radius 1 is 1.42 bits per heavy atom. The third-order valence-electron chi connectivity index (χ3n) is 4.74. The molecule has 130 valence electrons. The molecule has 0 spiro atoms. The highest BCUT2D eigenvalue weighted by Crippen LogP contribution is 2.39. The normalized spacial score (nSPS) is 20.2. The summed E-state index contributed by atoms with van der Waals surface area (Å²) < 4.78 is 4.92. The molecule has 1 aliphatic heterocycles. The Hall–Kier alpha value is -2.64. The monoisotopic (exact) mass is 336 g/mol. The molecule has 0 saturated carbocycles. The summed E-state index contributed by atoms with van der Waals surface area (Å²) in [7, 11) is 1.31. The van der Waals surface area contributed by atoms with Gasteiger partial charge in [0.1, 0.15) is 0 Å². The first-order valence-corrected chi connectivity index (χ1v) is 7.58. The molecule has 24 heavy (non-hydrogen) atoms. The summed E-state index contributed by atoms with van der Waals surface area (Å²) in [6.45, 7) is 4.04. The molecular formula is C16H20N2O6. The summed E-state index contributed by atoms with van der Waals surface area (Å²) in [4.78, 5) is 36.2. The predicted octanol–water partition coefficient (Wildman–Crippen LogP) is 2.18. The summed E-state index contributed by atoms with van der Waals surface area (Å²) in [6.07, 6.45) is 0.365. The number of nitro groups is 1. The average molecular weight is 336 g/mol. The second-order valence-corrected chi connectivity index (χ2v) is 6.24. The Morgan fingerprint density at radius 3 is 2.54 bits per heavy atom. The lowest BCUT2D eigenvalue weighted by atomic mass is 9.76. The Labute approximate surface area is 139 Å². The molecule has 8 nitrogen and oxygen atoms in total. The fraction of sp³-hybridized carbons (Fsp3) is 0.500. The van der Waals surface area contributed by atoms with E-state index in [0.717, 1.165) is 6.07 Å². The fourth-order valence-electron chi connectivity index (χ4n) is 3.05. The number of benzene rings is 1. The molecule has 1 aromatic carbocycles. The van der Waals surface area contributed by atoms with Crippen LogP contribution in [0.15, 0.2) is 18.2 Å². The highest BCUT2D eigenvalue weighted by atomic mass is 16.6. The maximum atomic E-state index is 12.6. The van der Waals surface area contributed by atoms with E-state index in [1.54, 1.807) is 0 Å². The molecule has 2 rings (SSSR count). The SMILES string of the molecule is COc1ccc(C(=O)N2CCC(C(=O)O)(C(C)C)C2)cc1[N+](=O)[O-]. The summed E-state index contributed by atoms with van der Waals surface area (Å²) in [5.41, 5.74) is -1.13. The van der Waals surface area contributed by atoms with Crippen LogP contribution in [0.3, 0.4) is 0 Å². The van der Waals surface area contributed by atoms with Crippen LogP contribution in [0.5, 0.6) is 5.75 Å². The van der Waals surface area contributed by atoms with Gasteiger partial charge in [-0.2, -0.15) is 0 Å². The maximum absolute atomic E-state index is 12.6. The van der Waals surface area contributed by atoms with Gasteiger partial charge in [-0.25, -0.2) is 0 Å². The molecule has 1 fully saturated rings. The lowest BCUT2D eigenvalue weighted by Gasteiger charge is -2.28. The number of hydrogen-bond acceptors (Lipinski definition) is 5. The van der Waals surface area contributed by atoms with E-state index in [9.17, 15) is 24.8 Å². The number of nitrogens with zero attached hydrogens (tertiary/aromatic N) is 2. The van der Waals surface area contributed by atoms with Crippen molar-refractivity contribution in [2.75, 3.05) is 20.2 Å². The number of carbonyl (C=O) groups excluding carboxylic acids is 1.